The van der Waals surface area contributed by atoms with Crippen LogP contribution in [0.5, 0.6) is 0 Å². The molecule has 2 aromatic carbocycles. The van der Waals surface area contributed by atoms with E-state index >= 15 is 0 Å². The lowest BCUT2D eigenvalue weighted by molar-refractivity contribution is -0.0267. The third kappa shape index (κ3) is 2.64. The van der Waals surface area contributed by atoms with Crippen molar-refractivity contribution in [3.63, 3.8) is 0 Å². The predicted molar refractivity (Wildman–Crippen MR) is 127 cm³/mol. The molecule has 162 valence electrons. The third-order valence-corrected chi connectivity index (χ3v) is 9.09. The standard InChI is InChI=1S/C27H25FN2OS/c1-26(25(31)22-16-32-24-6-4-3-5-21(22)24)12-11-18-13-23-17(14-27(18,26)2)15-29-30(23)20-9-7-19(28)8-10-20/h3-10,13,15-16,25,31H,11-12,14H2,1-2H3/t25?,26-,27+/m1/s1. The highest BCUT2D eigenvalue weighted by Crippen LogP contribution is 2.65. The van der Waals surface area contributed by atoms with Gasteiger partial charge in [0.2, 0.25) is 0 Å². The third-order valence-electron chi connectivity index (χ3n) is 8.10. The maximum Gasteiger partial charge on any atom is 0.123 e. The molecule has 32 heavy (non-hydrogen) atoms. The van der Waals surface area contributed by atoms with Crippen molar-refractivity contribution in [3.05, 3.63) is 88.3 Å². The van der Waals surface area contributed by atoms with Crippen LogP contribution in [0.25, 0.3) is 21.8 Å². The summed E-state index contributed by atoms with van der Waals surface area (Å²) < 4.78 is 16.5. The summed E-state index contributed by atoms with van der Waals surface area (Å²) in [6.45, 7) is 4.56. The van der Waals surface area contributed by atoms with Crippen LogP contribution in [0.3, 0.4) is 0 Å². The normalized spacial score (nSPS) is 25.4. The molecule has 1 N–H and O–H groups in total. The van der Waals surface area contributed by atoms with E-state index in [-0.39, 0.29) is 16.6 Å². The smallest absolute Gasteiger partial charge is 0.123 e. The lowest BCUT2D eigenvalue weighted by Crippen LogP contribution is -2.41. The van der Waals surface area contributed by atoms with Crippen molar-refractivity contribution in [2.75, 3.05) is 0 Å². The summed E-state index contributed by atoms with van der Waals surface area (Å²) in [6.07, 6.45) is 6.39. The van der Waals surface area contributed by atoms with E-state index in [4.69, 9.17) is 0 Å². The van der Waals surface area contributed by atoms with Crippen LogP contribution in [0.4, 0.5) is 4.39 Å². The van der Waals surface area contributed by atoms with E-state index < -0.39 is 6.10 Å². The van der Waals surface area contributed by atoms with Crippen molar-refractivity contribution >= 4 is 27.5 Å². The van der Waals surface area contributed by atoms with E-state index in [2.05, 4.69) is 48.6 Å². The first kappa shape index (κ1) is 19.9. The largest absolute Gasteiger partial charge is 0.388 e. The van der Waals surface area contributed by atoms with E-state index in [1.165, 1.54) is 28.0 Å². The van der Waals surface area contributed by atoms with E-state index in [9.17, 15) is 9.50 Å². The molecule has 0 amide bonds. The van der Waals surface area contributed by atoms with Gasteiger partial charge in [-0.1, -0.05) is 37.6 Å². The Morgan fingerprint density at radius 2 is 1.91 bits per heavy atom. The molecule has 3 nitrogen and oxygen atoms in total. The quantitative estimate of drug-likeness (QED) is 0.382. The zero-order valence-corrected chi connectivity index (χ0v) is 19.0. The van der Waals surface area contributed by atoms with Crippen LogP contribution in [0.15, 0.2) is 65.7 Å². The van der Waals surface area contributed by atoms with Crippen molar-refractivity contribution in [1.82, 2.24) is 9.78 Å². The summed E-state index contributed by atoms with van der Waals surface area (Å²) in [7, 11) is 0. The first-order valence-electron chi connectivity index (χ1n) is 11.1. The summed E-state index contributed by atoms with van der Waals surface area (Å²) >= 11 is 1.70. The van der Waals surface area contributed by atoms with Gasteiger partial charge in [-0.3, -0.25) is 0 Å². The summed E-state index contributed by atoms with van der Waals surface area (Å²) in [5.74, 6) is -0.248. The Hall–Kier alpha value is -2.76. The highest BCUT2D eigenvalue weighted by atomic mass is 32.1. The number of hydrogen-bond acceptors (Lipinski definition) is 3. The molecular formula is C27H25FN2OS. The van der Waals surface area contributed by atoms with Crippen LogP contribution in [0, 0.1) is 16.6 Å². The average Bonchev–Trinajstić information content (AvgIpc) is 3.47. The minimum atomic E-state index is -0.539. The molecule has 1 saturated carbocycles. The second kappa shape index (κ2) is 6.87. The molecule has 0 aliphatic heterocycles. The summed E-state index contributed by atoms with van der Waals surface area (Å²) in [4.78, 5) is 0. The number of rotatable bonds is 3. The highest BCUT2D eigenvalue weighted by Gasteiger charge is 2.57. The number of hydrogen-bond donors (Lipinski definition) is 1. The Morgan fingerprint density at radius 1 is 1.12 bits per heavy atom. The maximum absolute atomic E-state index is 13.4. The number of benzene rings is 2. The van der Waals surface area contributed by atoms with Crippen LogP contribution in [0.1, 0.15) is 49.6 Å². The van der Waals surface area contributed by atoms with Crippen molar-refractivity contribution < 1.29 is 9.50 Å². The molecule has 2 aliphatic carbocycles. The molecule has 2 heterocycles. The summed E-state index contributed by atoms with van der Waals surface area (Å²) in [5, 5.41) is 19.7. The van der Waals surface area contributed by atoms with E-state index in [0.29, 0.717) is 0 Å². The number of nitrogens with zero attached hydrogens (tertiary/aromatic N) is 2. The van der Waals surface area contributed by atoms with Crippen molar-refractivity contribution in [2.45, 2.75) is 39.2 Å². The fraction of sp³-hybridized carbons (Fsp3) is 0.296. The molecule has 3 atom stereocenters. The van der Waals surface area contributed by atoms with Crippen LogP contribution < -0.4 is 0 Å². The zero-order valence-electron chi connectivity index (χ0n) is 18.2. The minimum Gasteiger partial charge on any atom is -0.388 e. The van der Waals surface area contributed by atoms with E-state index in [1.807, 2.05) is 16.9 Å². The number of fused-ring (bicyclic) bond motifs is 3. The number of allylic oxidation sites excluding steroid dienone is 1. The topological polar surface area (TPSA) is 38.0 Å². The molecular weight excluding hydrogens is 419 g/mol. The SMILES string of the molecule is C[C@]12Cc3cnn(-c4ccc(F)cc4)c3C=C1CC[C@]2(C)C(O)c1csc2ccccc12. The fourth-order valence-electron chi connectivity index (χ4n) is 5.87. The molecule has 6 rings (SSSR count). The molecule has 1 fully saturated rings. The van der Waals surface area contributed by atoms with Gasteiger partial charge in [0.1, 0.15) is 5.82 Å². The zero-order chi connectivity index (χ0) is 22.1. The molecule has 0 bridgehead atoms. The second-order valence-corrected chi connectivity index (χ2v) is 10.5. The van der Waals surface area contributed by atoms with Gasteiger partial charge in [-0.15, -0.1) is 11.3 Å². The molecule has 2 aliphatic rings. The number of aromatic nitrogens is 2. The number of halogens is 1. The number of aliphatic hydroxyl groups excluding tert-OH is 1. The van der Waals surface area contributed by atoms with Crippen molar-refractivity contribution in [2.24, 2.45) is 10.8 Å². The van der Waals surface area contributed by atoms with Crippen LogP contribution in [-0.4, -0.2) is 14.9 Å². The maximum atomic E-state index is 13.4. The molecule has 5 heteroatoms. The summed E-state index contributed by atoms with van der Waals surface area (Å²) in [6, 6.07) is 14.8. The molecule has 1 unspecified atom stereocenters. The fourth-order valence-corrected chi connectivity index (χ4v) is 6.85. The van der Waals surface area contributed by atoms with Crippen LogP contribution in [0.2, 0.25) is 0 Å². The van der Waals surface area contributed by atoms with Gasteiger partial charge < -0.3 is 5.11 Å². The Bertz CT molecular complexity index is 1370. The second-order valence-electron chi connectivity index (χ2n) is 9.63. The molecule has 0 radical (unpaired) electrons. The monoisotopic (exact) mass is 444 g/mol. The highest BCUT2D eigenvalue weighted by molar-refractivity contribution is 7.17. The van der Waals surface area contributed by atoms with Gasteiger partial charge in [0.05, 0.1) is 23.7 Å². The molecule has 0 saturated heterocycles. The van der Waals surface area contributed by atoms with Gasteiger partial charge >= 0.3 is 0 Å². The lowest BCUT2D eigenvalue weighted by atomic mass is 9.58. The van der Waals surface area contributed by atoms with Crippen molar-refractivity contribution in [1.29, 1.82) is 0 Å². The Morgan fingerprint density at radius 3 is 2.72 bits per heavy atom. The van der Waals surface area contributed by atoms with Gasteiger partial charge in [0.15, 0.2) is 0 Å². The van der Waals surface area contributed by atoms with Gasteiger partial charge in [0.25, 0.3) is 0 Å². The number of aliphatic hydroxyl groups is 1. The molecule has 0 spiro atoms. The Labute approximate surface area is 190 Å². The van der Waals surface area contributed by atoms with Crippen molar-refractivity contribution in [3.8, 4) is 5.69 Å². The first-order valence-corrected chi connectivity index (χ1v) is 12.0. The van der Waals surface area contributed by atoms with Gasteiger partial charge in [0, 0.05) is 15.5 Å². The van der Waals surface area contributed by atoms with E-state index in [0.717, 1.165) is 41.6 Å². The van der Waals surface area contributed by atoms with Gasteiger partial charge in [-0.2, -0.15) is 5.10 Å². The van der Waals surface area contributed by atoms with Gasteiger partial charge in [-0.05, 0) is 77.6 Å². The van der Waals surface area contributed by atoms with Crippen LogP contribution >= 0.6 is 11.3 Å². The van der Waals surface area contributed by atoms with E-state index in [1.54, 1.807) is 23.5 Å². The minimum absolute atomic E-state index is 0.154. The first-order chi connectivity index (χ1) is 15.4. The van der Waals surface area contributed by atoms with Crippen LogP contribution in [-0.2, 0) is 6.42 Å². The average molecular weight is 445 g/mol. The molecule has 4 aromatic rings. The lowest BCUT2D eigenvalue weighted by Gasteiger charge is -2.46. The van der Waals surface area contributed by atoms with Gasteiger partial charge in [-0.25, -0.2) is 9.07 Å². The summed E-state index contributed by atoms with van der Waals surface area (Å²) in [5.41, 5.74) is 5.09. The predicted octanol–water partition coefficient (Wildman–Crippen LogP) is 6.71. The molecule has 2 aromatic heterocycles. The number of thiophene rings is 1. The Balaban J connectivity index is 1.41. The Kier molecular flexibility index (Phi) is 4.27.